The van der Waals surface area contributed by atoms with Crippen LogP contribution in [0.2, 0.25) is 0 Å². The van der Waals surface area contributed by atoms with Crippen LogP contribution in [0.25, 0.3) is 93.0 Å². The molecule has 0 aliphatic carbocycles. The summed E-state index contributed by atoms with van der Waals surface area (Å²) in [4.78, 5) is 15.2. The van der Waals surface area contributed by atoms with Crippen molar-refractivity contribution in [1.82, 2.24) is 19.5 Å². The molecule has 3 aromatic heterocycles. The van der Waals surface area contributed by atoms with Crippen molar-refractivity contribution in [1.29, 1.82) is 0 Å². The molecule has 0 atom stereocenters. The number of benzene rings is 7. The summed E-state index contributed by atoms with van der Waals surface area (Å²) in [6.07, 6.45) is 0. The van der Waals surface area contributed by atoms with E-state index in [0.29, 0.717) is 17.5 Å². The van der Waals surface area contributed by atoms with E-state index in [1.807, 2.05) is 47.7 Å². The highest BCUT2D eigenvalue weighted by molar-refractivity contribution is 7.26. The lowest BCUT2D eigenvalue weighted by Gasteiger charge is -2.11. The zero-order valence-corrected chi connectivity index (χ0v) is 27.7. The topological polar surface area (TPSA) is 43.6 Å². The fraction of sp³-hybridized carbons (Fsp3) is 0. The maximum absolute atomic E-state index is 5.14. The molecular weight excluding hydrogens is 629 g/mol. The summed E-state index contributed by atoms with van der Waals surface area (Å²) in [6.45, 7) is 0. The summed E-state index contributed by atoms with van der Waals surface area (Å²) in [5.41, 5.74) is 8.83. The van der Waals surface area contributed by atoms with Gasteiger partial charge in [-0.05, 0) is 41.5 Å². The van der Waals surface area contributed by atoms with Crippen molar-refractivity contribution >= 4 is 53.3 Å². The van der Waals surface area contributed by atoms with Gasteiger partial charge >= 0.3 is 0 Å². The van der Waals surface area contributed by atoms with Gasteiger partial charge in [-0.25, -0.2) is 15.0 Å². The van der Waals surface area contributed by atoms with E-state index in [1.165, 1.54) is 47.7 Å². The van der Waals surface area contributed by atoms with Gasteiger partial charge in [-0.1, -0.05) is 140 Å². The number of aromatic nitrogens is 4. The molecule has 10 rings (SSSR count). The van der Waals surface area contributed by atoms with Crippen molar-refractivity contribution in [3.8, 4) is 51.0 Å². The summed E-state index contributed by atoms with van der Waals surface area (Å²) < 4.78 is 4.81. The number of hydrogen-bond acceptors (Lipinski definition) is 4. The second kappa shape index (κ2) is 11.6. The molecule has 0 radical (unpaired) electrons. The third-order valence-electron chi connectivity index (χ3n) is 9.47. The van der Waals surface area contributed by atoms with E-state index in [4.69, 9.17) is 15.0 Å². The lowest BCUT2D eigenvalue weighted by atomic mass is 9.98. The average Bonchev–Trinajstić information content (AvgIpc) is 3.74. The van der Waals surface area contributed by atoms with Crippen molar-refractivity contribution in [3.63, 3.8) is 0 Å². The Labute approximate surface area is 292 Å². The first kappa shape index (κ1) is 28.6. The van der Waals surface area contributed by atoms with Gasteiger partial charge in [0, 0.05) is 53.3 Å². The minimum atomic E-state index is 0.655. The Hall–Kier alpha value is -6.43. The Morgan fingerprint density at radius 1 is 0.400 bits per heavy atom. The molecule has 0 unspecified atom stereocenters. The van der Waals surface area contributed by atoms with E-state index in [9.17, 15) is 0 Å². The largest absolute Gasteiger partial charge is 0.309 e. The molecule has 0 bridgehead atoms. The molecule has 0 spiro atoms. The van der Waals surface area contributed by atoms with Gasteiger partial charge in [0.05, 0.1) is 11.0 Å². The lowest BCUT2D eigenvalue weighted by molar-refractivity contribution is 1.08. The van der Waals surface area contributed by atoms with Gasteiger partial charge < -0.3 is 4.57 Å². The Balaban J connectivity index is 1.25. The van der Waals surface area contributed by atoms with E-state index >= 15 is 0 Å². The second-order valence-electron chi connectivity index (χ2n) is 12.4. The first-order valence-electron chi connectivity index (χ1n) is 16.7. The monoisotopic (exact) mass is 656 g/mol. The molecule has 0 saturated carbocycles. The summed E-state index contributed by atoms with van der Waals surface area (Å²) in [7, 11) is 0. The predicted molar refractivity (Wildman–Crippen MR) is 209 cm³/mol. The van der Waals surface area contributed by atoms with Crippen LogP contribution in [0.1, 0.15) is 0 Å². The molecule has 50 heavy (non-hydrogen) atoms. The van der Waals surface area contributed by atoms with Crippen molar-refractivity contribution < 1.29 is 0 Å². The molecule has 0 saturated heterocycles. The smallest absolute Gasteiger partial charge is 0.164 e. The van der Waals surface area contributed by atoms with Gasteiger partial charge in [-0.2, -0.15) is 0 Å². The third-order valence-corrected chi connectivity index (χ3v) is 10.7. The van der Waals surface area contributed by atoms with E-state index in [0.717, 1.165) is 27.8 Å². The Bertz CT molecular complexity index is 2750. The van der Waals surface area contributed by atoms with Gasteiger partial charge in [-0.15, -0.1) is 11.3 Å². The molecule has 234 valence electrons. The molecule has 7 aromatic carbocycles. The zero-order valence-electron chi connectivity index (χ0n) is 26.9. The van der Waals surface area contributed by atoms with E-state index in [2.05, 4.69) is 138 Å². The molecule has 5 heteroatoms. The molecule has 3 heterocycles. The van der Waals surface area contributed by atoms with Crippen LogP contribution in [-0.4, -0.2) is 19.5 Å². The Morgan fingerprint density at radius 2 is 0.900 bits per heavy atom. The maximum atomic E-state index is 5.14. The number of fused-ring (bicyclic) bond motifs is 6. The summed E-state index contributed by atoms with van der Waals surface area (Å²) >= 11 is 1.83. The molecule has 0 amide bonds. The van der Waals surface area contributed by atoms with Gasteiger partial charge in [0.25, 0.3) is 0 Å². The summed E-state index contributed by atoms with van der Waals surface area (Å²) in [5, 5.41) is 4.85. The van der Waals surface area contributed by atoms with Crippen molar-refractivity contribution in [3.05, 3.63) is 170 Å². The molecule has 0 aliphatic heterocycles. The van der Waals surface area contributed by atoms with Gasteiger partial charge in [0.1, 0.15) is 0 Å². The number of para-hydroxylation sites is 2. The first-order chi connectivity index (χ1) is 24.8. The summed E-state index contributed by atoms with van der Waals surface area (Å²) in [6, 6.07) is 59.6. The highest BCUT2D eigenvalue weighted by Gasteiger charge is 2.20. The van der Waals surface area contributed by atoms with E-state index < -0.39 is 0 Å². The lowest BCUT2D eigenvalue weighted by Crippen LogP contribution is -2.00. The Morgan fingerprint density at radius 3 is 1.50 bits per heavy atom. The number of nitrogens with zero attached hydrogens (tertiary/aromatic N) is 4. The zero-order chi connectivity index (χ0) is 33.0. The SMILES string of the molecule is c1ccc(-c2nc(-c3ccccc3)nc(-c3ccc(-c4ccccc4)c4sc5cc(-n6c7ccccc7c7ccccc76)ccc5c34)n2)cc1. The molecule has 0 aliphatic rings. The van der Waals surface area contributed by atoms with Crippen LogP contribution in [0.4, 0.5) is 0 Å². The number of rotatable bonds is 5. The van der Waals surface area contributed by atoms with Crippen LogP contribution < -0.4 is 0 Å². The van der Waals surface area contributed by atoms with Crippen molar-refractivity contribution in [2.45, 2.75) is 0 Å². The third kappa shape index (κ3) is 4.63. The summed E-state index contributed by atoms with van der Waals surface area (Å²) in [5.74, 6) is 1.97. The fourth-order valence-corrected chi connectivity index (χ4v) is 8.47. The van der Waals surface area contributed by atoms with E-state index in [1.54, 1.807) is 0 Å². The standard InChI is InChI=1S/C45H28N4S/c1-4-14-29(15-5-1)33-26-27-37(45-47-43(30-16-6-2-7-17-30)46-44(48-45)31-18-8-3-9-19-31)41-36-25-24-32(28-40(36)50-42(33)41)49-38-22-12-10-20-34(38)35-21-11-13-23-39(35)49/h1-28H. The van der Waals surface area contributed by atoms with Crippen LogP contribution in [0.5, 0.6) is 0 Å². The first-order valence-corrected chi connectivity index (χ1v) is 17.5. The molecule has 4 nitrogen and oxygen atoms in total. The van der Waals surface area contributed by atoms with Crippen LogP contribution in [0.3, 0.4) is 0 Å². The molecule has 10 aromatic rings. The highest BCUT2D eigenvalue weighted by atomic mass is 32.1. The van der Waals surface area contributed by atoms with Crippen LogP contribution in [0.15, 0.2) is 170 Å². The normalized spacial score (nSPS) is 11.6. The van der Waals surface area contributed by atoms with Crippen molar-refractivity contribution in [2.75, 3.05) is 0 Å². The average molecular weight is 657 g/mol. The highest BCUT2D eigenvalue weighted by Crippen LogP contribution is 2.45. The van der Waals surface area contributed by atoms with Crippen LogP contribution in [0, 0.1) is 0 Å². The van der Waals surface area contributed by atoms with Gasteiger partial charge in [-0.3, -0.25) is 0 Å². The van der Waals surface area contributed by atoms with E-state index in [-0.39, 0.29) is 0 Å². The van der Waals surface area contributed by atoms with Crippen LogP contribution in [-0.2, 0) is 0 Å². The minimum absolute atomic E-state index is 0.655. The Kier molecular flexibility index (Phi) is 6.64. The van der Waals surface area contributed by atoms with Gasteiger partial charge in [0.2, 0.25) is 0 Å². The molecular formula is C45H28N4S. The minimum Gasteiger partial charge on any atom is -0.309 e. The molecule has 0 N–H and O–H groups in total. The maximum Gasteiger partial charge on any atom is 0.164 e. The molecule has 0 fully saturated rings. The number of thiophene rings is 1. The fourth-order valence-electron chi connectivity index (χ4n) is 7.17. The van der Waals surface area contributed by atoms with Gasteiger partial charge in [0.15, 0.2) is 17.5 Å². The number of hydrogen-bond donors (Lipinski definition) is 0. The quantitative estimate of drug-likeness (QED) is 0.185. The van der Waals surface area contributed by atoms with Crippen LogP contribution >= 0.6 is 11.3 Å². The second-order valence-corrected chi connectivity index (χ2v) is 13.5. The predicted octanol–water partition coefficient (Wildman–Crippen LogP) is 12.0. The van der Waals surface area contributed by atoms with Crippen molar-refractivity contribution in [2.24, 2.45) is 0 Å².